The van der Waals surface area contributed by atoms with Gasteiger partial charge in [-0.25, -0.2) is 0 Å². The van der Waals surface area contributed by atoms with Crippen molar-refractivity contribution in [3.63, 3.8) is 0 Å². The Morgan fingerprint density at radius 3 is 2.35 bits per heavy atom. The van der Waals surface area contributed by atoms with Crippen LogP contribution in [0.4, 0.5) is 13.2 Å². The fraction of sp³-hybridized carbons (Fsp3) is 0.600. The number of piperidine rings is 1. The first-order valence-corrected chi connectivity index (χ1v) is 7.09. The third-order valence-electron chi connectivity index (χ3n) is 3.83. The number of likely N-dealkylation sites (tertiary alicyclic amines) is 1. The molecule has 2 rings (SSSR count). The van der Waals surface area contributed by atoms with Gasteiger partial charge in [0, 0.05) is 19.6 Å². The van der Waals surface area contributed by atoms with Crippen LogP contribution in [-0.2, 0) is 6.54 Å². The van der Waals surface area contributed by atoms with E-state index in [1.54, 1.807) is 0 Å². The van der Waals surface area contributed by atoms with E-state index in [4.69, 9.17) is 0 Å². The minimum absolute atomic E-state index is 0.238. The van der Waals surface area contributed by atoms with E-state index >= 15 is 0 Å². The van der Waals surface area contributed by atoms with Gasteiger partial charge in [-0.3, -0.25) is 0 Å². The van der Waals surface area contributed by atoms with Crippen LogP contribution in [0, 0.1) is 5.92 Å². The van der Waals surface area contributed by atoms with Crippen LogP contribution in [0.15, 0.2) is 30.3 Å². The van der Waals surface area contributed by atoms with Crippen molar-refractivity contribution < 1.29 is 13.2 Å². The molecule has 0 atom stereocenters. The van der Waals surface area contributed by atoms with Gasteiger partial charge in [0.25, 0.3) is 0 Å². The van der Waals surface area contributed by atoms with Crippen molar-refractivity contribution in [2.24, 2.45) is 5.92 Å². The number of halogens is 3. The molecule has 0 spiro atoms. The minimum Gasteiger partial charge on any atom is -0.311 e. The summed E-state index contributed by atoms with van der Waals surface area (Å²) in [6.45, 7) is 3.54. The van der Waals surface area contributed by atoms with Gasteiger partial charge >= 0.3 is 6.18 Å². The van der Waals surface area contributed by atoms with Gasteiger partial charge in [0.05, 0.1) is 5.92 Å². The van der Waals surface area contributed by atoms with Crippen molar-refractivity contribution in [2.45, 2.75) is 25.6 Å². The highest BCUT2D eigenvalue weighted by atomic mass is 19.4. The molecule has 0 saturated carbocycles. The van der Waals surface area contributed by atoms with Crippen LogP contribution in [0.25, 0.3) is 0 Å². The maximum Gasteiger partial charge on any atom is 0.391 e. The summed E-state index contributed by atoms with van der Waals surface area (Å²) >= 11 is 0. The number of rotatable bonds is 5. The Bertz CT molecular complexity index is 384. The number of hydrogen-bond donors (Lipinski definition) is 1. The lowest BCUT2D eigenvalue weighted by Crippen LogP contribution is -2.41. The molecule has 20 heavy (non-hydrogen) atoms. The summed E-state index contributed by atoms with van der Waals surface area (Å²) in [6.07, 6.45) is -3.54. The molecule has 1 aromatic carbocycles. The van der Waals surface area contributed by atoms with Crippen molar-refractivity contribution in [1.82, 2.24) is 10.2 Å². The minimum atomic E-state index is -4.02. The highest BCUT2D eigenvalue weighted by molar-refractivity contribution is 5.14. The van der Waals surface area contributed by atoms with Crippen LogP contribution in [0.3, 0.4) is 0 Å². The van der Waals surface area contributed by atoms with Gasteiger partial charge in [0.15, 0.2) is 0 Å². The zero-order valence-corrected chi connectivity index (χ0v) is 11.5. The fourth-order valence-electron chi connectivity index (χ4n) is 2.55. The molecule has 1 aromatic rings. The van der Waals surface area contributed by atoms with E-state index in [1.807, 2.05) is 18.2 Å². The first-order valence-electron chi connectivity index (χ1n) is 7.09. The van der Waals surface area contributed by atoms with E-state index in [2.05, 4.69) is 22.3 Å². The van der Waals surface area contributed by atoms with E-state index in [1.165, 1.54) is 5.56 Å². The molecule has 0 unspecified atom stereocenters. The zero-order valence-electron chi connectivity index (χ0n) is 11.5. The summed E-state index contributed by atoms with van der Waals surface area (Å²) in [5, 5.41) is 3.33. The van der Waals surface area contributed by atoms with E-state index < -0.39 is 12.1 Å². The summed E-state index contributed by atoms with van der Waals surface area (Å²) in [7, 11) is 0. The second-order valence-corrected chi connectivity index (χ2v) is 5.32. The van der Waals surface area contributed by atoms with Crippen LogP contribution >= 0.6 is 0 Å². The summed E-state index contributed by atoms with van der Waals surface area (Å²) in [5.74, 6) is -1.10. The Morgan fingerprint density at radius 1 is 1.10 bits per heavy atom. The van der Waals surface area contributed by atoms with Gasteiger partial charge in [-0.2, -0.15) is 13.2 Å². The molecule has 0 bridgehead atoms. The molecule has 2 nitrogen and oxygen atoms in total. The van der Waals surface area contributed by atoms with Gasteiger partial charge < -0.3 is 10.2 Å². The lowest BCUT2D eigenvalue weighted by molar-refractivity contribution is -0.184. The standard InChI is InChI=1S/C15H21F3N2/c16-15(17,18)14-6-9-20(10-7-14)11-8-19-12-13-4-2-1-3-5-13/h1-5,14,19H,6-12H2. The third kappa shape index (κ3) is 4.80. The Hall–Kier alpha value is -1.07. The van der Waals surface area contributed by atoms with Crippen molar-refractivity contribution >= 4 is 0 Å². The molecule has 1 N–H and O–H groups in total. The van der Waals surface area contributed by atoms with E-state index in [0.717, 1.165) is 19.6 Å². The van der Waals surface area contributed by atoms with Crippen molar-refractivity contribution in [2.75, 3.05) is 26.2 Å². The average Bonchev–Trinajstić information content (AvgIpc) is 2.44. The Kier molecular flexibility index (Phi) is 5.43. The zero-order chi connectivity index (χ0) is 14.4. The predicted molar refractivity (Wildman–Crippen MR) is 73.4 cm³/mol. The SMILES string of the molecule is FC(F)(F)C1CCN(CCNCc2ccccc2)CC1. The van der Waals surface area contributed by atoms with E-state index in [9.17, 15) is 13.2 Å². The van der Waals surface area contributed by atoms with Crippen LogP contribution in [0.2, 0.25) is 0 Å². The highest BCUT2D eigenvalue weighted by Crippen LogP contribution is 2.33. The number of nitrogens with one attached hydrogen (secondary N) is 1. The van der Waals surface area contributed by atoms with Gasteiger partial charge in [-0.15, -0.1) is 0 Å². The smallest absolute Gasteiger partial charge is 0.311 e. The molecule has 1 aliphatic heterocycles. The Labute approximate surface area is 118 Å². The topological polar surface area (TPSA) is 15.3 Å². The quantitative estimate of drug-likeness (QED) is 0.837. The predicted octanol–water partition coefficient (Wildman–Crippen LogP) is 3.05. The highest BCUT2D eigenvalue weighted by Gasteiger charge is 2.40. The number of alkyl halides is 3. The number of benzene rings is 1. The monoisotopic (exact) mass is 286 g/mol. The van der Waals surface area contributed by atoms with Crippen LogP contribution < -0.4 is 5.32 Å². The van der Waals surface area contributed by atoms with Crippen molar-refractivity contribution in [3.05, 3.63) is 35.9 Å². The van der Waals surface area contributed by atoms with Gasteiger partial charge in [0.1, 0.15) is 0 Å². The second kappa shape index (κ2) is 7.09. The Morgan fingerprint density at radius 2 is 1.75 bits per heavy atom. The second-order valence-electron chi connectivity index (χ2n) is 5.32. The molecule has 1 saturated heterocycles. The first-order chi connectivity index (χ1) is 9.55. The lowest BCUT2D eigenvalue weighted by Gasteiger charge is -2.32. The first kappa shape index (κ1) is 15.3. The maximum atomic E-state index is 12.5. The van der Waals surface area contributed by atoms with Crippen LogP contribution in [0.1, 0.15) is 18.4 Å². The molecular weight excluding hydrogens is 265 g/mol. The van der Waals surface area contributed by atoms with Crippen LogP contribution in [0.5, 0.6) is 0 Å². The largest absolute Gasteiger partial charge is 0.391 e. The maximum absolute atomic E-state index is 12.5. The summed E-state index contributed by atoms with van der Waals surface area (Å²) < 4.78 is 37.6. The lowest BCUT2D eigenvalue weighted by atomic mass is 9.96. The molecule has 112 valence electrons. The number of nitrogens with zero attached hydrogens (tertiary/aromatic N) is 1. The van der Waals surface area contributed by atoms with Gasteiger partial charge in [-0.1, -0.05) is 30.3 Å². The summed E-state index contributed by atoms with van der Waals surface area (Å²) in [4.78, 5) is 2.11. The van der Waals surface area contributed by atoms with E-state index in [-0.39, 0.29) is 12.8 Å². The Balaban J connectivity index is 1.60. The molecule has 0 radical (unpaired) electrons. The van der Waals surface area contributed by atoms with Gasteiger partial charge in [-0.05, 0) is 31.5 Å². The third-order valence-corrected chi connectivity index (χ3v) is 3.83. The summed E-state index contributed by atoms with van der Waals surface area (Å²) in [6, 6.07) is 10.1. The molecule has 1 aliphatic rings. The van der Waals surface area contributed by atoms with E-state index in [0.29, 0.717) is 13.1 Å². The molecule has 1 heterocycles. The molecule has 0 amide bonds. The molecule has 0 aromatic heterocycles. The molecular formula is C15H21F3N2. The van der Waals surface area contributed by atoms with Crippen molar-refractivity contribution in [1.29, 1.82) is 0 Å². The molecule has 0 aliphatic carbocycles. The summed E-state index contributed by atoms with van der Waals surface area (Å²) in [5.41, 5.74) is 1.23. The molecule has 1 fully saturated rings. The average molecular weight is 286 g/mol. The van der Waals surface area contributed by atoms with Crippen molar-refractivity contribution in [3.8, 4) is 0 Å². The van der Waals surface area contributed by atoms with Gasteiger partial charge in [0.2, 0.25) is 0 Å². The normalized spacial score (nSPS) is 18.4. The van der Waals surface area contributed by atoms with Crippen LogP contribution in [-0.4, -0.2) is 37.3 Å². The molecule has 5 heteroatoms. The fourth-order valence-corrected chi connectivity index (χ4v) is 2.55. The number of hydrogen-bond acceptors (Lipinski definition) is 2.